The standard InChI is InChI=1S/C15H15F3N2O2/c1-14(2)6-5-9-10(20-7-3-4-12(20)21)8-11(15(16,17)18)19-13(9)22-14/h5-6,8H,3-4,7H2,1-2H3. The highest BCUT2D eigenvalue weighted by molar-refractivity contribution is 5.98. The summed E-state index contributed by atoms with van der Waals surface area (Å²) in [7, 11) is 0. The molecular weight excluding hydrogens is 297 g/mol. The lowest BCUT2D eigenvalue weighted by Gasteiger charge is -2.30. The SMILES string of the molecule is CC1(C)C=Cc2c(N3CCCC3=O)cc(C(F)(F)F)nc2O1. The van der Waals surface area contributed by atoms with Crippen molar-refractivity contribution in [1.82, 2.24) is 4.98 Å². The van der Waals surface area contributed by atoms with Gasteiger partial charge in [0.1, 0.15) is 5.60 Å². The molecule has 0 aromatic carbocycles. The Kier molecular flexibility index (Phi) is 3.19. The van der Waals surface area contributed by atoms with Gasteiger partial charge in [0.05, 0.1) is 11.3 Å². The van der Waals surface area contributed by atoms with E-state index in [1.807, 2.05) is 0 Å². The van der Waals surface area contributed by atoms with Gasteiger partial charge in [-0.1, -0.05) is 0 Å². The summed E-state index contributed by atoms with van der Waals surface area (Å²) in [6.07, 6.45) is -0.204. The molecule has 0 radical (unpaired) electrons. The van der Waals surface area contributed by atoms with E-state index >= 15 is 0 Å². The molecule has 7 heteroatoms. The van der Waals surface area contributed by atoms with Crippen molar-refractivity contribution in [2.24, 2.45) is 0 Å². The minimum Gasteiger partial charge on any atom is -0.467 e. The van der Waals surface area contributed by atoms with Crippen LogP contribution in [0.25, 0.3) is 6.08 Å². The molecule has 1 saturated heterocycles. The number of pyridine rings is 1. The van der Waals surface area contributed by atoms with Gasteiger partial charge < -0.3 is 9.64 Å². The first-order valence-electron chi connectivity index (χ1n) is 6.98. The smallest absolute Gasteiger partial charge is 0.433 e. The molecule has 0 saturated carbocycles. The van der Waals surface area contributed by atoms with Gasteiger partial charge in [0.2, 0.25) is 11.8 Å². The first kappa shape index (κ1) is 14.9. The van der Waals surface area contributed by atoms with Gasteiger partial charge in [-0.3, -0.25) is 4.79 Å². The third kappa shape index (κ3) is 2.55. The molecule has 0 aliphatic carbocycles. The van der Waals surface area contributed by atoms with Crippen LogP contribution >= 0.6 is 0 Å². The Bertz CT molecular complexity index is 665. The summed E-state index contributed by atoms with van der Waals surface area (Å²) in [6.45, 7) is 3.87. The summed E-state index contributed by atoms with van der Waals surface area (Å²) in [5, 5.41) is 0. The van der Waals surface area contributed by atoms with Gasteiger partial charge in [0.25, 0.3) is 0 Å². The second-order valence-electron chi connectivity index (χ2n) is 5.93. The Morgan fingerprint density at radius 1 is 1.36 bits per heavy atom. The highest BCUT2D eigenvalue weighted by Gasteiger charge is 2.38. The van der Waals surface area contributed by atoms with Gasteiger partial charge in [-0.15, -0.1) is 0 Å². The molecule has 22 heavy (non-hydrogen) atoms. The van der Waals surface area contributed by atoms with E-state index in [4.69, 9.17) is 4.74 Å². The zero-order valence-corrected chi connectivity index (χ0v) is 12.2. The van der Waals surface area contributed by atoms with Crippen LogP contribution in [0.15, 0.2) is 12.1 Å². The Morgan fingerprint density at radius 2 is 2.09 bits per heavy atom. The normalized spacial score (nSPS) is 20.0. The van der Waals surface area contributed by atoms with E-state index in [0.717, 1.165) is 6.07 Å². The first-order chi connectivity index (χ1) is 10.2. The van der Waals surface area contributed by atoms with Crippen LogP contribution in [-0.2, 0) is 11.0 Å². The van der Waals surface area contributed by atoms with E-state index in [0.29, 0.717) is 24.9 Å². The molecule has 2 aliphatic heterocycles. The molecule has 1 aromatic heterocycles. The van der Waals surface area contributed by atoms with Gasteiger partial charge in [0, 0.05) is 13.0 Å². The zero-order valence-electron chi connectivity index (χ0n) is 12.2. The van der Waals surface area contributed by atoms with E-state index < -0.39 is 17.5 Å². The maximum atomic E-state index is 13.1. The number of carbonyl (C=O) groups excluding carboxylic acids is 1. The number of anilines is 1. The van der Waals surface area contributed by atoms with Crippen molar-refractivity contribution in [1.29, 1.82) is 0 Å². The number of amides is 1. The highest BCUT2D eigenvalue weighted by Crippen LogP contribution is 2.41. The third-order valence-corrected chi connectivity index (χ3v) is 3.67. The zero-order chi connectivity index (χ0) is 16.1. The van der Waals surface area contributed by atoms with Crippen molar-refractivity contribution >= 4 is 17.7 Å². The number of ether oxygens (including phenoxy) is 1. The third-order valence-electron chi connectivity index (χ3n) is 3.67. The molecule has 3 heterocycles. The first-order valence-corrected chi connectivity index (χ1v) is 6.98. The number of hydrogen-bond donors (Lipinski definition) is 0. The predicted octanol–water partition coefficient (Wildman–Crippen LogP) is 3.41. The van der Waals surface area contributed by atoms with Crippen LogP contribution in [0.2, 0.25) is 0 Å². The number of nitrogens with zero attached hydrogens (tertiary/aromatic N) is 2. The Labute approximate surface area is 125 Å². The lowest BCUT2D eigenvalue weighted by Crippen LogP contribution is -2.31. The molecule has 3 rings (SSSR count). The monoisotopic (exact) mass is 312 g/mol. The fourth-order valence-corrected chi connectivity index (χ4v) is 2.59. The minimum absolute atomic E-state index is 0.0861. The van der Waals surface area contributed by atoms with Crippen molar-refractivity contribution in [3.05, 3.63) is 23.4 Å². The van der Waals surface area contributed by atoms with E-state index in [2.05, 4.69) is 4.98 Å². The fourth-order valence-electron chi connectivity index (χ4n) is 2.59. The van der Waals surface area contributed by atoms with Crippen molar-refractivity contribution in [2.45, 2.75) is 38.5 Å². The lowest BCUT2D eigenvalue weighted by atomic mass is 10.0. The predicted molar refractivity (Wildman–Crippen MR) is 74.6 cm³/mol. The molecule has 0 N–H and O–H groups in total. The summed E-state index contributed by atoms with van der Waals surface area (Å²) < 4.78 is 44.8. The van der Waals surface area contributed by atoms with Crippen molar-refractivity contribution in [2.75, 3.05) is 11.4 Å². The van der Waals surface area contributed by atoms with Gasteiger partial charge >= 0.3 is 6.18 Å². The van der Waals surface area contributed by atoms with Crippen LogP contribution in [0, 0.1) is 0 Å². The number of halogens is 3. The van der Waals surface area contributed by atoms with Crippen molar-refractivity contribution in [3.63, 3.8) is 0 Å². The molecule has 0 bridgehead atoms. The lowest BCUT2D eigenvalue weighted by molar-refractivity contribution is -0.141. The maximum Gasteiger partial charge on any atom is 0.433 e. The Balaban J connectivity index is 2.18. The topological polar surface area (TPSA) is 42.4 Å². The molecule has 0 spiro atoms. The average molecular weight is 312 g/mol. The van der Waals surface area contributed by atoms with Crippen LogP contribution in [0.5, 0.6) is 5.88 Å². The highest BCUT2D eigenvalue weighted by atomic mass is 19.4. The summed E-state index contributed by atoms with van der Waals surface area (Å²) in [6, 6.07) is 0.925. The summed E-state index contributed by atoms with van der Waals surface area (Å²) in [5.41, 5.74) is -1.16. The molecule has 0 unspecified atom stereocenters. The molecule has 1 amide bonds. The van der Waals surface area contributed by atoms with Crippen LogP contribution in [0.4, 0.5) is 18.9 Å². The summed E-state index contributed by atoms with van der Waals surface area (Å²) in [4.78, 5) is 16.9. The average Bonchev–Trinajstić information content (AvgIpc) is 2.81. The largest absolute Gasteiger partial charge is 0.467 e. The van der Waals surface area contributed by atoms with Crippen molar-refractivity contribution < 1.29 is 22.7 Å². The van der Waals surface area contributed by atoms with Gasteiger partial charge in [-0.25, -0.2) is 4.98 Å². The Morgan fingerprint density at radius 3 is 2.68 bits per heavy atom. The van der Waals surface area contributed by atoms with Gasteiger partial charge in [-0.05, 0) is 38.5 Å². The molecule has 1 fully saturated rings. The minimum atomic E-state index is -4.60. The van der Waals surface area contributed by atoms with Crippen molar-refractivity contribution in [3.8, 4) is 5.88 Å². The maximum absolute atomic E-state index is 13.1. The quantitative estimate of drug-likeness (QED) is 0.798. The van der Waals surface area contributed by atoms with Gasteiger partial charge in [-0.2, -0.15) is 13.2 Å². The molecule has 2 aliphatic rings. The molecular formula is C15H15F3N2O2. The molecule has 0 atom stereocenters. The Hall–Kier alpha value is -2.05. The van der Waals surface area contributed by atoms with E-state index in [1.165, 1.54) is 4.90 Å². The number of fused-ring (bicyclic) bond motifs is 1. The fraction of sp³-hybridized carbons (Fsp3) is 0.467. The molecule has 4 nitrogen and oxygen atoms in total. The van der Waals surface area contributed by atoms with Crippen LogP contribution < -0.4 is 9.64 Å². The van der Waals surface area contributed by atoms with Crippen LogP contribution in [0.3, 0.4) is 0 Å². The summed E-state index contributed by atoms with van der Waals surface area (Å²) in [5.74, 6) is -0.267. The second-order valence-corrected chi connectivity index (χ2v) is 5.93. The van der Waals surface area contributed by atoms with Crippen LogP contribution in [0.1, 0.15) is 37.9 Å². The van der Waals surface area contributed by atoms with Gasteiger partial charge in [0.15, 0.2) is 5.69 Å². The number of rotatable bonds is 1. The number of hydrogen-bond acceptors (Lipinski definition) is 3. The van der Waals surface area contributed by atoms with E-state index in [9.17, 15) is 18.0 Å². The second kappa shape index (κ2) is 4.72. The molecule has 118 valence electrons. The van der Waals surface area contributed by atoms with Crippen LogP contribution in [-0.4, -0.2) is 23.0 Å². The van der Waals surface area contributed by atoms with E-state index in [1.54, 1.807) is 26.0 Å². The number of aromatic nitrogens is 1. The number of alkyl halides is 3. The number of carbonyl (C=O) groups is 1. The van der Waals surface area contributed by atoms with E-state index in [-0.39, 0.29) is 17.5 Å². The molecule has 1 aromatic rings. The summed E-state index contributed by atoms with van der Waals surface area (Å²) >= 11 is 0.